The van der Waals surface area contributed by atoms with Crippen LogP contribution in [0.15, 0.2) is 12.1 Å². The number of aromatic hydroxyl groups is 2. The topological polar surface area (TPSA) is 71.0 Å². The van der Waals surface area contributed by atoms with Gasteiger partial charge >= 0.3 is 0 Å². The van der Waals surface area contributed by atoms with Gasteiger partial charge in [-0.1, -0.05) is 0 Å². The molecule has 19 heavy (non-hydrogen) atoms. The average Bonchev–Trinajstić information content (AvgIpc) is 2.70. The van der Waals surface area contributed by atoms with E-state index in [1.54, 1.807) is 12.1 Å². The van der Waals surface area contributed by atoms with Crippen LogP contribution in [0.25, 0.3) is 0 Å². The molecule has 0 amide bonds. The van der Waals surface area contributed by atoms with Crippen molar-refractivity contribution in [2.24, 2.45) is 0 Å². The Labute approximate surface area is 112 Å². The van der Waals surface area contributed by atoms with E-state index >= 15 is 0 Å². The highest BCUT2D eigenvalue weighted by molar-refractivity contribution is 5.48. The Morgan fingerprint density at radius 3 is 2.68 bits per heavy atom. The molecular formula is C14H19NO4. The largest absolute Gasteiger partial charge is 0.504 e. The van der Waals surface area contributed by atoms with Gasteiger partial charge in [-0.15, -0.1) is 0 Å². The van der Waals surface area contributed by atoms with Gasteiger partial charge in [0.1, 0.15) is 6.10 Å². The summed E-state index contributed by atoms with van der Waals surface area (Å²) in [6.07, 6.45) is 0.745. The predicted molar refractivity (Wildman–Crippen MR) is 69.1 cm³/mol. The van der Waals surface area contributed by atoms with Crippen LogP contribution in [0.5, 0.6) is 11.5 Å². The van der Waals surface area contributed by atoms with Crippen LogP contribution in [0.2, 0.25) is 0 Å². The van der Waals surface area contributed by atoms with Gasteiger partial charge in [-0.2, -0.15) is 0 Å². The van der Waals surface area contributed by atoms with E-state index in [0.717, 1.165) is 24.1 Å². The summed E-state index contributed by atoms with van der Waals surface area (Å²) in [4.78, 5) is 0. The lowest BCUT2D eigenvalue weighted by atomic mass is 9.90. The summed E-state index contributed by atoms with van der Waals surface area (Å²) in [7, 11) is 0. The van der Waals surface area contributed by atoms with Gasteiger partial charge in [0.25, 0.3) is 0 Å². The molecule has 0 aliphatic carbocycles. The number of phenolic OH excluding ortho intramolecular Hbond substituents is 2. The fraction of sp³-hybridized carbons (Fsp3) is 0.571. The summed E-state index contributed by atoms with van der Waals surface area (Å²) in [6, 6.07) is 3.24. The van der Waals surface area contributed by atoms with Crippen LogP contribution in [0.4, 0.5) is 0 Å². The molecule has 1 saturated heterocycles. The molecule has 0 radical (unpaired) electrons. The minimum Gasteiger partial charge on any atom is -0.504 e. The van der Waals surface area contributed by atoms with Crippen LogP contribution in [-0.2, 0) is 15.9 Å². The van der Waals surface area contributed by atoms with Crippen molar-refractivity contribution in [3.05, 3.63) is 23.3 Å². The second kappa shape index (κ2) is 4.37. The third kappa shape index (κ3) is 2.29. The number of fused-ring (bicyclic) bond motifs is 1. The first kappa shape index (κ1) is 12.7. The molecule has 0 bridgehead atoms. The Morgan fingerprint density at radius 2 is 2.00 bits per heavy atom. The molecule has 3 rings (SSSR count). The second-order valence-electron chi connectivity index (χ2n) is 5.59. The van der Waals surface area contributed by atoms with Gasteiger partial charge in [0.15, 0.2) is 17.3 Å². The number of hydrogen-bond donors (Lipinski definition) is 3. The van der Waals surface area contributed by atoms with Gasteiger partial charge in [-0.05, 0) is 50.1 Å². The lowest BCUT2D eigenvalue weighted by Crippen LogP contribution is -2.39. The zero-order valence-electron chi connectivity index (χ0n) is 11.1. The molecule has 2 aliphatic heterocycles. The van der Waals surface area contributed by atoms with Crippen molar-refractivity contribution in [3.8, 4) is 11.5 Å². The maximum atomic E-state index is 9.69. The molecule has 1 aromatic rings. The molecule has 1 aromatic carbocycles. The van der Waals surface area contributed by atoms with Crippen molar-refractivity contribution in [2.45, 2.75) is 38.2 Å². The van der Waals surface area contributed by atoms with Gasteiger partial charge in [0.2, 0.25) is 0 Å². The van der Waals surface area contributed by atoms with E-state index in [-0.39, 0.29) is 23.6 Å². The summed E-state index contributed by atoms with van der Waals surface area (Å²) in [5, 5.41) is 22.7. The fourth-order valence-corrected chi connectivity index (χ4v) is 2.83. The van der Waals surface area contributed by atoms with E-state index in [1.165, 1.54) is 0 Å². The standard InChI is InChI=1S/C14H19NO4/c1-14(2)18-7-12(19-14)13-9-6-11(17)10(16)5-8(9)3-4-15-13/h5-6,12-13,15-17H,3-4,7H2,1-2H3/t12-,13+/m1/s1. The molecule has 1 fully saturated rings. The maximum absolute atomic E-state index is 9.69. The van der Waals surface area contributed by atoms with Crippen molar-refractivity contribution in [3.63, 3.8) is 0 Å². The van der Waals surface area contributed by atoms with Crippen molar-refractivity contribution in [1.29, 1.82) is 0 Å². The zero-order chi connectivity index (χ0) is 13.6. The number of hydrogen-bond acceptors (Lipinski definition) is 5. The minimum atomic E-state index is -0.567. The van der Waals surface area contributed by atoms with Crippen molar-refractivity contribution in [2.75, 3.05) is 13.2 Å². The van der Waals surface area contributed by atoms with Gasteiger partial charge < -0.3 is 25.0 Å². The van der Waals surface area contributed by atoms with Gasteiger partial charge in [0, 0.05) is 0 Å². The third-order valence-electron chi connectivity index (χ3n) is 3.73. The summed E-state index contributed by atoms with van der Waals surface area (Å²) >= 11 is 0. The van der Waals surface area contributed by atoms with E-state index in [0.29, 0.717) is 6.61 Å². The molecule has 0 unspecified atom stereocenters. The first-order valence-corrected chi connectivity index (χ1v) is 6.56. The van der Waals surface area contributed by atoms with Crippen LogP contribution < -0.4 is 5.32 Å². The Morgan fingerprint density at radius 1 is 1.26 bits per heavy atom. The van der Waals surface area contributed by atoms with Gasteiger partial charge in [-0.25, -0.2) is 0 Å². The number of rotatable bonds is 1. The van der Waals surface area contributed by atoms with Crippen molar-refractivity contribution < 1.29 is 19.7 Å². The van der Waals surface area contributed by atoms with Crippen LogP contribution in [0, 0.1) is 0 Å². The molecule has 104 valence electrons. The molecule has 2 heterocycles. The third-order valence-corrected chi connectivity index (χ3v) is 3.73. The highest BCUT2D eigenvalue weighted by Gasteiger charge is 2.39. The Kier molecular flexibility index (Phi) is 2.92. The van der Waals surface area contributed by atoms with Crippen molar-refractivity contribution in [1.82, 2.24) is 5.32 Å². The van der Waals surface area contributed by atoms with Crippen LogP contribution in [-0.4, -0.2) is 35.3 Å². The average molecular weight is 265 g/mol. The summed E-state index contributed by atoms with van der Waals surface area (Å²) in [5.41, 5.74) is 2.03. The first-order valence-electron chi connectivity index (χ1n) is 6.56. The molecule has 5 nitrogen and oxygen atoms in total. The maximum Gasteiger partial charge on any atom is 0.163 e. The van der Waals surface area contributed by atoms with Crippen molar-refractivity contribution >= 4 is 0 Å². The lowest BCUT2D eigenvalue weighted by molar-refractivity contribution is -0.142. The Bertz CT molecular complexity index is 500. The van der Waals surface area contributed by atoms with E-state index in [4.69, 9.17) is 9.47 Å². The molecule has 2 aliphatic rings. The normalized spacial score (nSPS) is 29.2. The molecule has 5 heteroatoms. The SMILES string of the molecule is CC1(C)OC[C@H]([C@H]2NCCc3cc(O)c(O)cc32)O1. The molecule has 2 atom stereocenters. The van der Waals surface area contributed by atoms with Crippen LogP contribution >= 0.6 is 0 Å². The number of nitrogens with one attached hydrogen (secondary N) is 1. The fourth-order valence-electron chi connectivity index (χ4n) is 2.83. The number of benzene rings is 1. The molecule has 0 spiro atoms. The van der Waals surface area contributed by atoms with Crippen LogP contribution in [0.1, 0.15) is 31.0 Å². The zero-order valence-corrected chi connectivity index (χ0v) is 11.1. The quantitative estimate of drug-likeness (QED) is 0.670. The highest BCUT2D eigenvalue weighted by atomic mass is 16.7. The first-order chi connectivity index (χ1) is 8.96. The summed E-state index contributed by atoms with van der Waals surface area (Å²) in [5.74, 6) is -0.725. The summed E-state index contributed by atoms with van der Waals surface area (Å²) < 4.78 is 11.5. The number of ether oxygens (including phenoxy) is 2. The highest BCUT2D eigenvalue weighted by Crippen LogP contribution is 2.38. The van der Waals surface area contributed by atoms with Gasteiger partial charge in [-0.3, -0.25) is 0 Å². The molecule has 3 N–H and O–H groups in total. The smallest absolute Gasteiger partial charge is 0.163 e. The lowest BCUT2D eigenvalue weighted by Gasteiger charge is -2.31. The molecule has 0 aromatic heterocycles. The minimum absolute atomic E-state index is 0.0166. The monoisotopic (exact) mass is 265 g/mol. The second-order valence-corrected chi connectivity index (χ2v) is 5.59. The Hall–Kier alpha value is -1.30. The van der Waals surface area contributed by atoms with E-state index in [9.17, 15) is 10.2 Å². The molecular weight excluding hydrogens is 246 g/mol. The van der Waals surface area contributed by atoms with E-state index < -0.39 is 5.79 Å². The summed E-state index contributed by atoms with van der Waals surface area (Å²) in [6.45, 7) is 5.13. The molecule has 0 saturated carbocycles. The number of phenols is 2. The van der Waals surface area contributed by atoms with Gasteiger partial charge in [0.05, 0.1) is 12.6 Å². The van der Waals surface area contributed by atoms with Crippen LogP contribution in [0.3, 0.4) is 0 Å². The predicted octanol–water partition coefficient (Wildman–Crippen LogP) is 1.44. The van der Waals surface area contributed by atoms with E-state index in [1.807, 2.05) is 13.8 Å². The van der Waals surface area contributed by atoms with E-state index in [2.05, 4.69) is 5.32 Å². The Balaban J connectivity index is 1.92.